The van der Waals surface area contributed by atoms with Crippen LogP contribution >= 0.6 is 31.3 Å². The van der Waals surface area contributed by atoms with Crippen molar-refractivity contribution in [1.82, 2.24) is 0 Å². The van der Waals surface area contributed by atoms with Crippen LogP contribution < -0.4 is 10.6 Å². The molecule has 2 rings (SSSR count). The van der Waals surface area contributed by atoms with Crippen LogP contribution in [0.2, 0.25) is 0 Å². The van der Waals surface area contributed by atoms with E-state index >= 15 is 0 Å². The van der Waals surface area contributed by atoms with Crippen LogP contribution in [0, 0.1) is 0 Å². The molecule has 0 spiro atoms. The Bertz CT molecular complexity index is 1740. The number of carbonyl (C=O) groups is 6. The highest BCUT2D eigenvalue weighted by atomic mass is 31.2. The average Bonchev–Trinajstić information content (AvgIpc) is 3.06. The zero-order valence-electron chi connectivity index (χ0n) is 26.5. The minimum absolute atomic E-state index is 0.448. The number of hydrogen-bond donors (Lipinski definition) is 6. The Hall–Kier alpha value is -4.40. The number of benzene rings is 2. The molecule has 4 atom stereocenters. The van der Waals surface area contributed by atoms with Crippen molar-refractivity contribution in [3.63, 3.8) is 0 Å². The van der Waals surface area contributed by atoms with Crippen LogP contribution in [0.3, 0.4) is 0 Å². The molecule has 2 aromatic carbocycles. The third-order valence-corrected chi connectivity index (χ3v) is 8.88. The molecule has 24 nitrogen and oxygen atoms in total. The van der Waals surface area contributed by atoms with Crippen LogP contribution in [0.4, 0.5) is 11.4 Å². The Morgan fingerprint density at radius 2 is 0.673 bits per heavy atom. The molecule has 28 heteroatoms. The van der Waals surface area contributed by atoms with Gasteiger partial charge in [-0.15, -0.1) is 0 Å². The largest absolute Gasteiger partial charge is 0.529 e. The summed E-state index contributed by atoms with van der Waals surface area (Å²) < 4.78 is 80.5. The average molecular weight is 818 g/mol. The molecule has 284 valence electrons. The molecule has 0 saturated heterocycles. The SMILES string of the molecule is COP(=O)(O)OC(=O)c1cc(NC(=O)/C=C/C(=O)Nc2cc(C(=O)OP(=O)(O)OC)cc(C(=O)OP(=O)(O)OC)c2)cc(C(=O)OP(=O)(O)OC)c1. The number of hydrogen-bond acceptors (Lipinski definition) is 18. The Balaban J connectivity index is 2.39. The Labute approximate surface area is 291 Å². The summed E-state index contributed by atoms with van der Waals surface area (Å²) in [6.45, 7) is 0. The molecule has 2 aromatic rings. The Morgan fingerprint density at radius 3 is 0.865 bits per heavy atom. The molecule has 4 unspecified atom stereocenters. The van der Waals surface area contributed by atoms with E-state index in [9.17, 15) is 66.6 Å². The molecule has 6 N–H and O–H groups in total. The number of phosphoric acid groups is 4. The van der Waals surface area contributed by atoms with Gasteiger partial charge in [0.2, 0.25) is 11.8 Å². The van der Waals surface area contributed by atoms with Gasteiger partial charge in [0.25, 0.3) is 0 Å². The van der Waals surface area contributed by atoms with Crippen molar-refractivity contribution in [3.8, 4) is 0 Å². The van der Waals surface area contributed by atoms with Gasteiger partial charge in [-0.1, -0.05) is 0 Å². The third kappa shape index (κ3) is 14.0. The van der Waals surface area contributed by atoms with Crippen molar-refractivity contribution >= 4 is 78.4 Å². The summed E-state index contributed by atoms with van der Waals surface area (Å²) in [7, 11) is -16.8. The quantitative estimate of drug-likeness (QED) is 0.105. The molecule has 0 aliphatic rings. The van der Waals surface area contributed by atoms with E-state index in [2.05, 4.69) is 46.8 Å². The number of nitrogens with one attached hydrogen (secondary N) is 2. The summed E-state index contributed by atoms with van der Waals surface area (Å²) in [5.41, 5.74) is -3.67. The third-order valence-electron chi connectivity index (χ3n) is 5.45. The van der Waals surface area contributed by atoms with Gasteiger partial charge in [-0.3, -0.25) is 47.3 Å². The first kappa shape index (κ1) is 43.8. The van der Waals surface area contributed by atoms with E-state index in [-0.39, 0.29) is 0 Å². The Kier molecular flexibility index (Phi) is 15.1. The molecule has 0 heterocycles. The first-order chi connectivity index (χ1) is 23.9. The summed E-state index contributed by atoms with van der Waals surface area (Å²) in [6, 6.07) is 4.61. The van der Waals surface area contributed by atoms with Crippen molar-refractivity contribution in [1.29, 1.82) is 0 Å². The number of amides is 2. The van der Waals surface area contributed by atoms with Crippen molar-refractivity contribution in [2.24, 2.45) is 0 Å². The molecular formula is C24H26N2O22P4. The molecule has 0 aromatic heterocycles. The highest BCUT2D eigenvalue weighted by molar-refractivity contribution is 7.48. The lowest BCUT2D eigenvalue weighted by Gasteiger charge is -2.13. The smallest absolute Gasteiger partial charge is 0.367 e. The van der Waals surface area contributed by atoms with E-state index in [1.54, 1.807) is 0 Å². The monoisotopic (exact) mass is 818 g/mol. The summed E-state index contributed by atoms with van der Waals surface area (Å²) in [4.78, 5) is 113. The lowest BCUT2D eigenvalue weighted by atomic mass is 10.1. The van der Waals surface area contributed by atoms with Gasteiger partial charge in [0.05, 0.1) is 22.3 Å². The fourth-order valence-electron chi connectivity index (χ4n) is 3.17. The van der Waals surface area contributed by atoms with E-state index in [4.69, 9.17) is 0 Å². The van der Waals surface area contributed by atoms with E-state index in [1.807, 2.05) is 0 Å². The normalized spacial score (nSPS) is 15.8. The molecule has 2 amide bonds. The first-order valence-electron chi connectivity index (χ1n) is 13.0. The second-order valence-corrected chi connectivity index (χ2v) is 15.0. The highest BCUT2D eigenvalue weighted by Gasteiger charge is 2.30. The summed E-state index contributed by atoms with van der Waals surface area (Å²) in [6.07, 6.45) is 1.12. The van der Waals surface area contributed by atoms with Crippen molar-refractivity contribution in [3.05, 3.63) is 70.8 Å². The number of phosphoric ester groups is 4. The maximum Gasteiger partial charge on any atom is 0.529 e. The van der Waals surface area contributed by atoms with Gasteiger partial charge in [-0.05, 0) is 36.4 Å². The first-order valence-corrected chi connectivity index (χ1v) is 19.0. The van der Waals surface area contributed by atoms with Gasteiger partial charge in [0, 0.05) is 52.0 Å². The highest BCUT2D eigenvalue weighted by Crippen LogP contribution is 2.45. The summed E-state index contributed by atoms with van der Waals surface area (Å²) in [5, 5.41) is 4.23. The molecule has 0 aliphatic carbocycles. The van der Waals surface area contributed by atoms with Crippen LogP contribution in [-0.2, 0) is 64.0 Å². The predicted molar refractivity (Wildman–Crippen MR) is 168 cm³/mol. The molecule has 0 aliphatic heterocycles. The van der Waals surface area contributed by atoms with E-state index in [0.29, 0.717) is 24.3 Å². The van der Waals surface area contributed by atoms with Crippen molar-refractivity contribution < 1.29 is 103 Å². The molecule has 0 fully saturated rings. The van der Waals surface area contributed by atoms with Gasteiger partial charge in [-0.2, -0.15) is 0 Å². The van der Waals surface area contributed by atoms with Gasteiger partial charge >= 0.3 is 55.2 Å². The van der Waals surface area contributed by atoms with Crippen molar-refractivity contribution in [2.45, 2.75) is 0 Å². The molecule has 0 bridgehead atoms. The fourth-order valence-corrected chi connectivity index (χ4v) is 4.73. The van der Waals surface area contributed by atoms with E-state index in [1.165, 1.54) is 0 Å². The number of rotatable bonds is 16. The lowest BCUT2D eigenvalue weighted by molar-refractivity contribution is -0.114. The van der Waals surface area contributed by atoms with Crippen LogP contribution in [0.1, 0.15) is 41.4 Å². The van der Waals surface area contributed by atoms with Crippen LogP contribution in [0.15, 0.2) is 48.6 Å². The molecular weight excluding hydrogens is 792 g/mol. The number of anilines is 2. The molecule has 0 saturated carbocycles. The van der Waals surface area contributed by atoms with Crippen LogP contribution in [0.5, 0.6) is 0 Å². The van der Waals surface area contributed by atoms with Gasteiger partial charge in [0.15, 0.2) is 0 Å². The Morgan fingerprint density at radius 1 is 0.462 bits per heavy atom. The maximum atomic E-state index is 12.6. The summed E-state index contributed by atoms with van der Waals surface area (Å²) >= 11 is 0. The molecule has 0 radical (unpaired) electrons. The standard InChI is InChI=1S/C24H26N2O22P4/c1-41-49(33,34)45-21(29)13-7-14(22(30)46-50(35,36)42-2)10-17(9-13)25-19(27)5-6-20(28)26-18-11-15(23(31)47-51(37,38)43-3)8-16(12-18)24(32)48-52(39,40)44-4/h5-12H,1-4H3,(H,25,27)(H,26,28)(H,33,34)(H,35,36)(H,37,38)(H,39,40)/b6-5+. The van der Waals surface area contributed by atoms with Gasteiger partial charge < -0.3 is 28.7 Å². The topological polar surface area (TPSA) is 350 Å². The predicted octanol–water partition coefficient (Wildman–Crippen LogP) is 2.43. The molecule has 52 heavy (non-hydrogen) atoms. The maximum absolute atomic E-state index is 12.6. The van der Waals surface area contributed by atoms with Crippen molar-refractivity contribution in [2.75, 3.05) is 39.1 Å². The number of carbonyl (C=O) groups excluding carboxylic acids is 6. The van der Waals surface area contributed by atoms with Gasteiger partial charge in [0.1, 0.15) is 0 Å². The van der Waals surface area contributed by atoms with E-state index in [0.717, 1.165) is 52.7 Å². The van der Waals surface area contributed by atoms with Gasteiger partial charge in [-0.25, -0.2) is 37.4 Å². The second-order valence-electron chi connectivity index (χ2n) is 9.03. The lowest BCUT2D eigenvalue weighted by Crippen LogP contribution is -2.15. The summed E-state index contributed by atoms with van der Waals surface area (Å²) in [5.74, 6) is -8.62. The zero-order valence-corrected chi connectivity index (χ0v) is 30.1. The fraction of sp³-hybridized carbons (Fsp3) is 0.167. The minimum atomic E-state index is -4.93. The van der Waals surface area contributed by atoms with Crippen LogP contribution in [0.25, 0.3) is 0 Å². The van der Waals surface area contributed by atoms with Crippen LogP contribution in [-0.4, -0.2) is 83.7 Å². The second kappa shape index (κ2) is 17.9. The zero-order chi connectivity index (χ0) is 39.7. The van der Waals surface area contributed by atoms with E-state index < -0.39 is 101 Å². The minimum Gasteiger partial charge on any atom is -0.367 e.